The monoisotopic (exact) mass is 291 g/mol. The summed E-state index contributed by atoms with van der Waals surface area (Å²) in [6, 6.07) is 3.68. The maximum Gasteiger partial charge on any atom is 0.251 e. The van der Waals surface area contributed by atoms with Crippen LogP contribution < -0.4 is 9.47 Å². The lowest BCUT2D eigenvalue weighted by Gasteiger charge is -2.21. The molecule has 1 aromatic rings. The van der Waals surface area contributed by atoms with Crippen molar-refractivity contribution in [3.63, 3.8) is 0 Å². The Morgan fingerprint density at radius 1 is 1.10 bits per heavy atom. The van der Waals surface area contributed by atoms with E-state index >= 15 is 0 Å². The van der Waals surface area contributed by atoms with E-state index < -0.39 is 11.3 Å². The van der Waals surface area contributed by atoms with Crippen molar-refractivity contribution in [3.05, 3.63) is 22.7 Å². The molecule has 0 saturated heterocycles. The zero-order valence-electron chi connectivity index (χ0n) is 10.9. The predicted molar refractivity (Wildman–Crippen MR) is 72.9 cm³/mol. The summed E-state index contributed by atoms with van der Waals surface area (Å²) in [5.41, 5.74) is 0.364. The largest absolute Gasteiger partial charge is 0.448 e. The van der Waals surface area contributed by atoms with Crippen LogP contribution in [0.5, 0.6) is 11.5 Å². The fraction of sp³-hybridized carbons (Fsp3) is 0.533. The van der Waals surface area contributed by atoms with Gasteiger partial charge in [0.1, 0.15) is 0 Å². The lowest BCUT2D eigenvalue weighted by molar-refractivity contribution is -0.0716. The molecule has 4 nitrogen and oxygen atoms in total. The van der Waals surface area contributed by atoms with Crippen molar-refractivity contribution in [1.29, 1.82) is 0 Å². The molecule has 1 aliphatic heterocycles. The summed E-state index contributed by atoms with van der Waals surface area (Å²) in [5.74, 6) is 0.930. The zero-order chi connectivity index (χ0) is 13.8. The number of carbonyl (C=O) groups excluding carboxylic acids is 1. The van der Waals surface area contributed by atoms with Crippen molar-refractivity contribution in [1.82, 2.24) is 0 Å². The Morgan fingerprint density at radius 2 is 1.75 bits per heavy atom. The Balaban J connectivity index is 1.74. The third-order valence-corrected chi connectivity index (χ3v) is 4.79. The Morgan fingerprint density at radius 3 is 2.35 bits per heavy atom. The molecule has 0 unspecified atom stereocenters. The van der Waals surface area contributed by atoms with E-state index in [0.717, 1.165) is 49.8 Å². The van der Waals surface area contributed by atoms with Gasteiger partial charge in [-0.2, -0.15) is 4.99 Å². The SMILES string of the molecule is O=C=NC1(c2cc3c(cc2Cl)OC2(CCCC2)O3)CC1. The van der Waals surface area contributed by atoms with Crippen LogP contribution in [0.3, 0.4) is 0 Å². The Kier molecular flexibility index (Phi) is 2.45. The highest BCUT2D eigenvalue weighted by molar-refractivity contribution is 6.31. The van der Waals surface area contributed by atoms with Gasteiger partial charge in [-0.25, -0.2) is 4.79 Å². The van der Waals surface area contributed by atoms with E-state index in [1.165, 1.54) is 0 Å². The standard InChI is InChI=1S/C15H14ClNO3/c16-11-8-13-12(19-15(20-13)3-1-2-4-15)7-10(11)14(5-6-14)17-9-18/h7-8H,1-6H2. The van der Waals surface area contributed by atoms with E-state index in [0.29, 0.717) is 10.8 Å². The second-order valence-electron chi connectivity index (χ2n) is 5.84. The average molecular weight is 292 g/mol. The van der Waals surface area contributed by atoms with Gasteiger partial charge in [-0.1, -0.05) is 11.6 Å². The van der Waals surface area contributed by atoms with Gasteiger partial charge in [-0.05, 0) is 31.7 Å². The molecule has 104 valence electrons. The minimum absolute atomic E-state index is 0.483. The molecule has 1 heterocycles. The first-order valence-corrected chi connectivity index (χ1v) is 7.35. The van der Waals surface area contributed by atoms with Crippen molar-refractivity contribution in [3.8, 4) is 11.5 Å². The molecule has 0 radical (unpaired) electrons. The molecule has 20 heavy (non-hydrogen) atoms. The first kappa shape index (κ1) is 12.2. The molecule has 0 aromatic heterocycles. The normalized spacial score (nSPS) is 23.6. The number of aliphatic imine (C=N–C) groups is 1. The molecule has 4 rings (SSSR count). The van der Waals surface area contributed by atoms with Crippen molar-refractivity contribution in [2.45, 2.75) is 49.9 Å². The summed E-state index contributed by atoms with van der Waals surface area (Å²) in [6.45, 7) is 0. The summed E-state index contributed by atoms with van der Waals surface area (Å²) < 4.78 is 12.0. The van der Waals surface area contributed by atoms with E-state index in [1.54, 1.807) is 12.1 Å². The summed E-state index contributed by atoms with van der Waals surface area (Å²) >= 11 is 6.34. The number of hydrogen-bond acceptors (Lipinski definition) is 4. The lowest BCUT2D eigenvalue weighted by atomic mass is 10.0. The highest BCUT2D eigenvalue weighted by atomic mass is 35.5. The second-order valence-corrected chi connectivity index (χ2v) is 6.24. The lowest BCUT2D eigenvalue weighted by Crippen LogP contribution is -2.34. The van der Waals surface area contributed by atoms with Crippen molar-refractivity contribution in [2.75, 3.05) is 0 Å². The third-order valence-electron chi connectivity index (χ3n) is 4.48. The maximum atomic E-state index is 10.6. The van der Waals surface area contributed by atoms with Gasteiger partial charge in [0, 0.05) is 24.5 Å². The minimum atomic E-state index is -0.491. The maximum absolute atomic E-state index is 10.6. The van der Waals surface area contributed by atoms with E-state index in [9.17, 15) is 4.79 Å². The number of ether oxygens (including phenoxy) is 2. The highest BCUT2D eigenvalue weighted by Gasteiger charge is 2.49. The van der Waals surface area contributed by atoms with Gasteiger partial charge in [0.05, 0.1) is 10.6 Å². The van der Waals surface area contributed by atoms with Gasteiger partial charge in [0.25, 0.3) is 5.79 Å². The van der Waals surface area contributed by atoms with E-state index in [2.05, 4.69) is 4.99 Å². The van der Waals surface area contributed by atoms with Crippen molar-refractivity contribution >= 4 is 17.7 Å². The van der Waals surface area contributed by atoms with Gasteiger partial charge in [0.15, 0.2) is 11.5 Å². The molecule has 0 amide bonds. The quantitative estimate of drug-likeness (QED) is 0.616. The molecule has 2 aliphatic carbocycles. The van der Waals surface area contributed by atoms with E-state index in [4.69, 9.17) is 21.1 Å². The topological polar surface area (TPSA) is 47.9 Å². The zero-order valence-corrected chi connectivity index (χ0v) is 11.7. The summed E-state index contributed by atoms with van der Waals surface area (Å²) in [7, 11) is 0. The Labute approximate surface area is 121 Å². The molecule has 1 spiro atoms. The molecule has 2 saturated carbocycles. The predicted octanol–water partition coefficient (Wildman–Crippen LogP) is 3.71. The van der Waals surface area contributed by atoms with Gasteiger partial charge in [-0.15, -0.1) is 0 Å². The summed E-state index contributed by atoms with van der Waals surface area (Å²) in [5, 5.41) is 0.582. The van der Waals surface area contributed by atoms with Gasteiger partial charge in [-0.3, -0.25) is 0 Å². The van der Waals surface area contributed by atoms with Crippen LogP contribution in [0, 0.1) is 0 Å². The second kappa shape index (κ2) is 4.00. The Hall–Kier alpha value is -1.51. The summed E-state index contributed by atoms with van der Waals surface area (Å²) in [4.78, 5) is 14.5. The number of nitrogens with zero attached hydrogens (tertiary/aromatic N) is 1. The van der Waals surface area contributed by atoms with Crippen LogP contribution >= 0.6 is 11.6 Å². The van der Waals surface area contributed by atoms with Crippen molar-refractivity contribution < 1.29 is 14.3 Å². The minimum Gasteiger partial charge on any atom is -0.448 e. The number of halogens is 1. The van der Waals surface area contributed by atoms with E-state index in [-0.39, 0.29) is 0 Å². The van der Waals surface area contributed by atoms with E-state index in [1.807, 2.05) is 6.07 Å². The van der Waals surface area contributed by atoms with Crippen LogP contribution in [0.4, 0.5) is 0 Å². The molecule has 1 aromatic carbocycles. The average Bonchev–Trinajstić information content (AvgIpc) is 2.92. The van der Waals surface area contributed by atoms with Crippen LogP contribution in [-0.2, 0) is 10.3 Å². The smallest absolute Gasteiger partial charge is 0.251 e. The van der Waals surface area contributed by atoms with Crippen LogP contribution in [0.1, 0.15) is 44.1 Å². The first-order valence-electron chi connectivity index (χ1n) is 6.98. The van der Waals surface area contributed by atoms with Crippen LogP contribution in [0.25, 0.3) is 0 Å². The van der Waals surface area contributed by atoms with Gasteiger partial charge < -0.3 is 9.47 Å². The molecule has 5 heteroatoms. The Bertz CT molecular complexity index is 626. The summed E-state index contributed by atoms with van der Waals surface area (Å²) in [6.07, 6.45) is 7.37. The molecule has 0 N–H and O–H groups in total. The number of fused-ring (bicyclic) bond motifs is 1. The number of hydrogen-bond donors (Lipinski definition) is 0. The fourth-order valence-corrected chi connectivity index (χ4v) is 3.57. The number of isocyanates is 1. The van der Waals surface area contributed by atoms with Crippen molar-refractivity contribution in [2.24, 2.45) is 4.99 Å². The van der Waals surface area contributed by atoms with Crippen LogP contribution in [0.2, 0.25) is 5.02 Å². The molecule has 2 fully saturated rings. The molecular weight excluding hydrogens is 278 g/mol. The number of benzene rings is 1. The van der Waals surface area contributed by atoms with Crippen LogP contribution in [-0.4, -0.2) is 11.9 Å². The molecule has 3 aliphatic rings. The van der Waals surface area contributed by atoms with Gasteiger partial charge in [0.2, 0.25) is 6.08 Å². The van der Waals surface area contributed by atoms with Gasteiger partial charge >= 0.3 is 0 Å². The third kappa shape index (κ3) is 1.68. The number of rotatable bonds is 2. The molecular formula is C15H14ClNO3. The highest BCUT2D eigenvalue weighted by Crippen LogP contribution is 2.55. The first-order chi connectivity index (χ1) is 9.66. The van der Waals surface area contributed by atoms with Crippen LogP contribution in [0.15, 0.2) is 17.1 Å². The molecule has 0 atom stereocenters. The fourth-order valence-electron chi connectivity index (χ4n) is 3.24. The molecule has 0 bridgehead atoms.